The maximum absolute atomic E-state index is 12.5. The highest BCUT2D eigenvalue weighted by atomic mass is 19.4. The van der Waals surface area contributed by atoms with Crippen LogP contribution in [0.15, 0.2) is 18.5 Å². The number of aliphatic hydroxyl groups excluding tert-OH is 1. The third-order valence-electron chi connectivity index (χ3n) is 2.31. The van der Waals surface area contributed by atoms with Gasteiger partial charge in [-0.1, -0.05) is 0 Å². The van der Waals surface area contributed by atoms with Crippen molar-refractivity contribution in [2.45, 2.75) is 12.6 Å². The maximum atomic E-state index is 12.5. The molecule has 0 spiro atoms. The highest BCUT2D eigenvalue weighted by Gasteiger charge is 2.34. The summed E-state index contributed by atoms with van der Waals surface area (Å²) in [5.74, 6) is 0.314. The molecule has 2 rings (SSSR count). The van der Waals surface area contributed by atoms with Gasteiger partial charge in [0.15, 0.2) is 11.5 Å². The maximum Gasteiger partial charge on any atom is 0.435 e. The molecule has 5 nitrogen and oxygen atoms in total. The molecule has 0 aliphatic heterocycles. The number of aromatic nitrogens is 3. The van der Waals surface area contributed by atoms with Crippen LogP contribution in [-0.4, -0.2) is 32.9 Å². The predicted molar refractivity (Wildman–Crippen MR) is 58.2 cm³/mol. The van der Waals surface area contributed by atoms with Gasteiger partial charge < -0.3 is 10.4 Å². The molecule has 2 aromatic heterocycles. The molecule has 0 unspecified atom stereocenters. The summed E-state index contributed by atoms with van der Waals surface area (Å²) in [7, 11) is 0. The number of nitrogens with zero attached hydrogens (tertiary/aromatic N) is 3. The second kappa shape index (κ2) is 4.81. The van der Waals surface area contributed by atoms with E-state index in [1.807, 2.05) is 0 Å². The zero-order chi connectivity index (χ0) is 13.2. The van der Waals surface area contributed by atoms with Gasteiger partial charge in [0.1, 0.15) is 5.52 Å². The van der Waals surface area contributed by atoms with E-state index in [1.54, 1.807) is 0 Å². The van der Waals surface area contributed by atoms with Crippen molar-refractivity contribution in [2.75, 3.05) is 18.5 Å². The molecule has 2 N–H and O–H groups in total. The lowest BCUT2D eigenvalue weighted by atomic mass is 10.3. The SMILES string of the molecule is OCCCNc1nccn2nc(C(F)(F)F)cc12. The van der Waals surface area contributed by atoms with Crippen LogP contribution < -0.4 is 5.32 Å². The monoisotopic (exact) mass is 260 g/mol. The van der Waals surface area contributed by atoms with Gasteiger partial charge in [-0.05, 0) is 6.42 Å². The van der Waals surface area contributed by atoms with Gasteiger partial charge in [-0.2, -0.15) is 18.3 Å². The Morgan fingerprint density at radius 3 is 2.83 bits per heavy atom. The van der Waals surface area contributed by atoms with Gasteiger partial charge in [0.25, 0.3) is 0 Å². The van der Waals surface area contributed by atoms with E-state index in [1.165, 1.54) is 12.4 Å². The predicted octanol–water partition coefficient (Wildman–Crippen LogP) is 1.54. The van der Waals surface area contributed by atoms with Crippen LogP contribution in [0.1, 0.15) is 12.1 Å². The van der Waals surface area contributed by atoms with Gasteiger partial charge in [0.05, 0.1) is 0 Å². The number of anilines is 1. The Morgan fingerprint density at radius 1 is 1.39 bits per heavy atom. The molecule has 18 heavy (non-hydrogen) atoms. The number of nitrogens with one attached hydrogen (secondary N) is 1. The molecule has 0 saturated heterocycles. The topological polar surface area (TPSA) is 62.5 Å². The quantitative estimate of drug-likeness (QED) is 0.819. The summed E-state index contributed by atoms with van der Waals surface area (Å²) in [6, 6.07) is 0.939. The Bertz CT molecular complexity index is 537. The molecule has 0 amide bonds. The first kappa shape index (κ1) is 12.6. The van der Waals surface area contributed by atoms with E-state index in [4.69, 9.17) is 5.11 Å². The Morgan fingerprint density at radius 2 is 2.17 bits per heavy atom. The molecule has 0 fully saturated rings. The first-order valence-electron chi connectivity index (χ1n) is 5.28. The highest BCUT2D eigenvalue weighted by Crippen LogP contribution is 2.29. The number of rotatable bonds is 4. The van der Waals surface area contributed by atoms with Crippen LogP contribution in [0.3, 0.4) is 0 Å². The van der Waals surface area contributed by atoms with Gasteiger partial charge in [-0.3, -0.25) is 0 Å². The van der Waals surface area contributed by atoms with Crippen LogP contribution in [0.2, 0.25) is 0 Å². The molecule has 98 valence electrons. The van der Waals surface area contributed by atoms with Gasteiger partial charge in [0, 0.05) is 31.6 Å². The number of halogens is 3. The van der Waals surface area contributed by atoms with Crippen LogP contribution >= 0.6 is 0 Å². The van der Waals surface area contributed by atoms with Gasteiger partial charge >= 0.3 is 6.18 Å². The minimum atomic E-state index is -4.48. The Labute approximate surface area is 100 Å². The van der Waals surface area contributed by atoms with Gasteiger partial charge in [-0.25, -0.2) is 9.50 Å². The van der Waals surface area contributed by atoms with Gasteiger partial charge in [0.2, 0.25) is 0 Å². The third kappa shape index (κ3) is 2.53. The molecule has 0 aromatic carbocycles. The molecule has 0 radical (unpaired) electrons. The van der Waals surface area contributed by atoms with E-state index in [0.717, 1.165) is 10.6 Å². The van der Waals surface area contributed by atoms with Crippen LogP contribution in [0, 0.1) is 0 Å². The van der Waals surface area contributed by atoms with Crippen molar-refractivity contribution >= 4 is 11.3 Å². The lowest BCUT2D eigenvalue weighted by Gasteiger charge is -2.04. The van der Waals surface area contributed by atoms with E-state index in [2.05, 4.69) is 15.4 Å². The number of aliphatic hydroxyl groups is 1. The summed E-state index contributed by atoms with van der Waals surface area (Å²) in [4.78, 5) is 3.95. The number of alkyl halides is 3. The highest BCUT2D eigenvalue weighted by molar-refractivity contribution is 5.67. The number of fused-ring (bicyclic) bond motifs is 1. The molecule has 2 heterocycles. The average molecular weight is 260 g/mol. The summed E-state index contributed by atoms with van der Waals surface area (Å²) < 4.78 is 38.7. The van der Waals surface area contributed by atoms with E-state index >= 15 is 0 Å². The summed E-state index contributed by atoms with van der Waals surface area (Å²) >= 11 is 0. The molecule has 0 aliphatic rings. The zero-order valence-corrected chi connectivity index (χ0v) is 9.28. The van der Waals surface area contributed by atoms with Crippen molar-refractivity contribution in [3.63, 3.8) is 0 Å². The summed E-state index contributed by atoms with van der Waals surface area (Å²) in [6.07, 6.45) is -1.28. The van der Waals surface area contributed by atoms with E-state index < -0.39 is 11.9 Å². The molecular formula is C10H11F3N4O. The van der Waals surface area contributed by atoms with E-state index in [-0.39, 0.29) is 12.1 Å². The molecule has 2 aromatic rings. The average Bonchev–Trinajstić information content (AvgIpc) is 2.73. The largest absolute Gasteiger partial charge is 0.435 e. The third-order valence-corrected chi connectivity index (χ3v) is 2.31. The number of hydrogen-bond donors (Lipinski definition) is 2. The molecule has 8 heteroatoms. The first-order chi connectivity index (χ1) is 8.52. The smallest absolute Gasteiger partial charge is 0.396 e. The van der Waals surface area contributed by atoms with Gasteiger partial charge in [-0.15, -0.1) is 0 Å². The van der Waals surface area contributed by atoms with Crippen molar-refractivity contribution in [1.82, 2.24) is 14.6 Å². The minimum Gasteiger partial charge on any atom is -0.396 e. The number of hydrogen-bond acceptors (Lipinski definition) is 4. The first-order valence-corrected chi connectivity index (χ1v) is 5.28. The van der Waals surface area contributed by atoms with Crippen LogP contribution in [-0.2, 0) is 6.18 Å². The lowest BCUT2D eigenvalue weighted by Crippen LogP contribution is -2.06. The molecule has 0 saturated carbocycles. The van der Waals surface area contributed by atoms with Crippen molar-refractivity contribution in [3.05, 3.63) is 24.2 Å². The minimum absolute atomic E-state index is 0.00316. The van der Waals surface area contributed by atoms with Crippen molar-refractivity contribution in [3.8, 4) is 0 Å². The second-order valence-corrected chi connectivity index (χ2v) is 3.64. The Balaban J connectivity index is 2.33. The van der Waals surface area contributed by atoms with Crippen LogP contribution in [0.25, 0.3) is 5.52 Å². The Kier molecular flexibility index (Phi) is 3.37. The summed E-state index contributed by atoms with van der Waals surface area (Å²) in [6.45, 7) is 0.429. The molecular weight excluding hydrogens is 249 g/mol. The Hall–Kier alpha value is -1.83. The lowest BCUT2D eigenvalue weighted by molar-refractivity contribution is -0.141. The molecule has 0 atom stereocenters. The molecule has 0 bridgehead atoms. The van der Waals surface area contributed by atoms with Crippen LogP contribution in [0.5, 0.6) is 0 Å². The van der Waals surface area contributed by atoms with Crippen molar-refractivity contribution in [2.24, 2.45) is 0 Å². The summed E-state index contributed by atoms with van der Waals surface area (Å²) in [5, 5.41) is 14.9. The van der Waals surface area contributed by atoms with Crippen molar-refractivity contribution < 1.29 is 18.3 Å². The summed E-state index contributed by atoms with van der Waals surface area (Å²) in [5.41, 5.74) is -0.705. The zero-order valence-electron chi connectivity index (χ0n) is 9.28. The fourth-order valence-electron chi connectivity index (χ4n) is 1.48. The van der Waals surface area contributed by atoms with Crippen molar-refractivity contribution in [1.29, 1.82) is 0 Å². The fourth-order valence-corrected chi connectivity index (χ4v) is 1.48. The fraction of sp³-hybridized carbons (Fsp3) is 0.400. The van der Waals surface area contributed by atoms with E-state index in [9.17, 15) is 13.2 Å². The van der Waals surface area contributed by atoms with E-state index in [0.29, 0.717) is 18.8 Å². The van der Waals surface area contributed by atoms with Crippen LogP contribution in [0.4, 0.5) is 19.0 Å². The normalized spacial score (nSPS) is 12.0. The molecule has 0 aliphatic carbocycles. The standard InChI is InChI=1S/C10H11F3N4O/c11-10(12,13)8-6-7-9(14-2-1-5-18)15-3-4-17(7)16-8/h3-4,6,18H,1-2,5H2,(H,14,15). The second-order valence-electron chi connectivity index (χ2n) is 3.64.